The molecule has 0 saturated carbocycles. The first-order valence-electron chi connectivity index (χ1n) is 9.62. The fraction of sp³-hybridized carbons (Fsp3) is 0.667. The highest BCUT2D eigenvalue weighted by atomic mass is 16.4. The van der Waals surface area contributed by atoms with E-state index in [0.717, 1.165) is 0 Å². The monoisotopic (exact) mass is 446 g/mol. The second-order valence-electron chi connectivity index (χ2n) is 7.33. The third kappa shape index (κ3) is 12.8. The third-order valence-electron chi connectivity index (χ3n) is 4.04. The number of carboxylic acid groups (broad SMARTS) is 3. The van der Waals surface area contributed by atoms with Crippen molar-refractivity contribution in [1.82, 2.24) is 16.0 Å². The first-order valence-corrected chi connectivity index (χ1v) is 9.62. The molecule has 0 bridgehead atoms. The molecular formula is C18H30N4O9. The minimum Gasteiger partial charge on any atom is -0.481 e. The van der Waals surface area contributed by atoms with Crippen LogP contribution in [0.15, 0.2) is 0 Å². The fourth-order valence-corrected chi connectivity index (χ4v) is 2.49. The van der Waals surface area contributed by atoms with E-state index in [0.29, 0.717) is 0 Å². The van der Waals surface area contributed by atoms with Crippen LogP contribution in [0.4, 0.5) is 0 Å². The Balaban J connectivity index is 5.29. The van der Waals surface area contributed by atoms with E-state index in [2.05, 4.69) is 16.0 Å². The lowest BCUT2D eigenvalue weighted by molar-refractivity contribution is -0.139. The highest BCUT2D eigenvalue weighted by molar-refractivity contribution is 5.94. The lowest BCUT2D eigenvalue weighted by Gasteiger charge is -2.24. The predicted molar refractivity (Wildman–Crippen MR) is 106 cm³/mol. The standard InChI is InChI=1S/C18H30N4O9/c1-9(2)7-12(17(30)20-8-15(27)28)22-18(31)11(4-6-14(25)26)21-16(29)10(19)3-5-13(23)24/h9-12H,3-8,19H2,1-2H3,(H,20,30)(H,21,29)(H,22,31)(H,23,24)(H,25,26)(H,27,28)/t10-,11-,12-/m0/s1. The van der Waals surface area contributed by atoms with Crippen LogP contribution in [0.5, 0.6) is 0 Å². The van der Waals surface area contributed by atoms with Crippen LogP contribution in [-0.4, -0.2) is 75.6 Å². The second kappa shape index (κ2) is 13.9. The highest BCUT2D eigenvalue weighted by Crippen LogP contribution is 2.07. The van der Waals surface area contributed by atoms with Gasteiger partial charge in [0.2, 0.25) is 17.7 Å². The number of nitrogens with two attached hydrogens (primary N) is 1. The molecule has 0 radical (unpaired) electrons. The Morgan fingerprint density at radius 1 is 0.742 bits per heavy atom. The van der Waals surface area contributed by atoms with Crippen LogP contribution in [0, 0.1) is 5.92 Å². The van der Waals surface area contributed by atoms with Crippen molar-refractivity contribution in [3.05, 3.63) is 0 Å². The topological polar surface area (TPSA) is 225 Å². The summed E-state index contributed by atoms with van der Waals surface area (Å²) in [6, 6.07) is -3.69. The molecule has 0 saturated heterocycles. The maximum Gasteiger partial charge on any atom is 0.322 e. The molecule has 0 aromatic carbocycles. The molecule has 0 aromatic heterocycles. The number of carboxylic acids is 3. The zero-order chi connectivity index (χ0) is 24.1. The van der Waals surface area contributed by atoms with Crippen LogP contribution in [-0.2, 0) is 28.8 Å². The first-order chi connectivity index (χ1) is 14.3. The zero-order valence-electron chi connectivity index (χ0n) is 17.4. The van der Waals surface area contributed by atoms with Crippen molar-refractivity contribution < 1.29 is 44.1 Å². The molecule has 0 fully saturated rings. The molecule has 0 aliphatic carbocycles. The van der Waals surface area contributed by atoms with Gasteiger partial charge >= 0.3 is 17.9 Å². The normalized spacial score (nSPS) is 13.5. The third-order valence-corrected chi connectivity index (χ3v) is 4.04. The van der Waals surface area contributed by atoms with E-state index in [-0.39, 0.29) is 31.6 Å². The Morgan fingerprint density at radius 3 is 1.74 bits per heavy atom. The van der Waals surface area contributed by atoms with Crippen LogP contribution in [0.2, 0.25) is 0 Å². The summed E-state index contributed by atoms with van der Waals surface area (Å²) in [7, 11) is 0. The molecule has 13 nitrogen and oxygen atoms in total. The van der Waals surface area contributed by atoms with Gasteiger partial charge in [-0.3, -0.25) is 28.8 Å². The molecule has 3 atom stereocenters. The average molecular weight is 446 g/mol. The Labute approximate surface area is 178 Å². The minimum atomic E-state index is -1.35. The number of nitrogens with one attached hydrogen (secondary N) is 3. The number of hydrogen-bond donors (Lipinski definition) is 7. The van der Waals surface area contributed by atoms with Gasteiger partial charge in [-0.1, -0.05) is 13.8 Å². The van der Waals surface area contributed by atoms with Crippen LogP contribution < -0.4 is 21.7 Å². The van der Waals surface area contributed by atoms with Crippen molar-refractivity contribution in [3.8, 4) is 0 Å². The van der Waals surface area contributed by atoms with Gasteiger partial charge in [-0.2, -0.15) is 0 Å². The Hall–Kier alpha value is -3.22. The number of carbonyl (C=O) groups excluding carboxylic acids is 3. The summed E-state index contributed by atoms with van der Waals surface area (Å²) in [5.41, 5.74) is 5.61. The van der Waals surface area contributed by atoms with Gasteiger partial charge in [-0.15, -0.1) is 0 Å². The van der Waals surface area contributed by atoms with Gasteiger partial charge < -0.3 is 37.0 Å². The van der Waals surface area contributed by atoms with Crippen molar-refractivity contribution in [2.75, 3.05) is 6.54 Å². The van der Waals surface area contributed by atoms with Crippen molar-refractivity contribution in [2.45, 2.75) is 64.1 Å². The van der Waals surface area contributed by atoms with E-state index in [1.807, 2.05) is 0 Å². The quantitative estimate of drug-likeness (QED) is 0.150. The maximum absolute atomic E-state index is 12.7. The van der Waals surface area contributed by atoms with Gasteiger partial charge in [0.1, 0.15) is 18.6 Å². The lowest BCUT2D eigenvalue weighted by Crippen LogP contribution is -2.56. The van der Waals surface area contributed by atoms with Gasteiger partial charge in [0.15, 0.2) is 0 Å². The minimum absolute atomic E-state index is 0.0580. The number of hydrogen-bond acceptors (Lipinski definition) is 7. The summed E-state index contributed by atoms with van der Waals surface area (Å²) in [5, 5.41) is 33.1. The SMILES string of the molecule is CC(C)C[C@H](NC(=O)[C@H](CCC(=O)O)NC(=O)[C@@H](N)CCC(=O)O)C(=O)NCC(=O)O. The van der Waals surface area contributed by atoms with Gasteiger partial charge in [-0.05, 0) is 25.2 Å². The number of rotatable bonds is 15. The predicted octanol–water partition coefficient (Wildman–Crippen LogP) is -1.74. The summed E-state index contributed by atoms with van der Waals surface area (Å²) >= 11 is 0. The molecule has 0 aliphatic rings. The van der Waals surface area contributed by atoms with E-state index < -0.39 is 66.7 Å². The Bertz CT molecular complexity index is 681. The molecule has 0 aromatic rings. The van der Waals surface area contributed by atoms with Crippen molar-refractivity contribution >= 4 is 35.6 Å². The van der Waals surface area contributed by atoms with E-state index in [9.17, 15) is 28.8 Å². The van der Waals surface area contributed by atoms with E-state index in [1.165, 1.54) is 0 Å². The average Bonchev–Trinajstić information content (AvgIpc) is 2.65. The Kier molecular flexibility index (Phi) is 12.5. The van der Waals surface area contributed by atoms with E-state index in [1.54, 1.807) is 13.8 Å². The van der Waals surface area contributed by atoms with E-state index in [4.69, 9.17) is 21.1 Å². The van der Waals surface area contributed by atoms with Gasteiger partial charge in [0.25, 0.3) is 0 Å². The molecule has 3 amide bonds. The largest absolute Gasteiger partial charge is 0.481 e. The highest BCUT2D eigenvalue weighted by Gasteiger charge is 2.29. The summed E-state index contributed by atoms with van der Waals surface area (Å²) in [4.78, 5) is 69.3. The van der Waals surface area contributed by atoms with Crippen LogP contribution in [0.1, 0.15) is 46.0 Å². The Morgan fingerprint density at radius 2 is 1.26 bits per heavy atom. The van der Waals surface area contributed by atoms with Crippen LogP contribution in [0.3, 0.4) is 0 Å². The molecular weight excluding hydrogens is 416 g/mol. The fourth-order valence-electron chi connectivity index (χ4n) is 2.49. The molecule has 31 heavy (non-hydrogen) atoms. The first kappa shape index (κ1) is 27.8. The van der Waals surface area contributed by atoms with Crippen LogP contribution >= 0.6 is 0 Å². The summed E-state index contributed by atoms with van der Waals surface area (Å²) in [5.74, 6) is -6.15. The summed E-state index contributed by atoms with van der Waals surface area (Å²) in [6.07, 6.45) is -1.18. The number of carbonyl (C=O) groups is 6. The maximum atomic E-state index is 12.7. The van der Waals surface area contributed by atoms with Crippen molar-refractivity contribution in [1.29, 1.82) is 0 Å². The molecule has 0 rings (SSSR count). The molecule has 176 valence electrons. The van der Waals surface area contributed by atoms with Crippen LogP contribution in [0.25, 0.3) is 0 Å². The summed E-state index contributed by atoms with van der Waals surface area (Å²) < 4.78 is 0. The van der Waals surface area contributed by atoms with Gasteiger partial charge in [0.05, 0.1) is 6.04 Å². The molecule has 0 heterocycles. The van der Waals surface area contributed by atoms with Gasteiger partial charge in [-0.25, -0.2) is 0 Å². The second-order valence-corrected chi connectivity index (χ2v) is 7.33. The molecule has 8 N–H and O–H groups in total. The number of aliphatic carboxylic acids is 3. The number of amides is 3. The smallest absolute Gasteiger partial charge is 0.322 e. The van der Waals surface area contributed by atoms with Crippen molar-refractivity contribution in [2.24, 2.45) is 11.7 Å². The van der Waals surface area contributed by atoms with E-state index >= 15 is 0 Å². The lowest BCUT2D eigenvalue weighted by atomic mass is 10.0. The zero-order valence-corrected chi connectivity index (χ0v) is 17.4. The molecule has 13 heteroatoms. The van der Waals surface area contributed by atoms with Crippen molar-refractivity contribution in [3.63, 3.8) is 0 Å². The summed E-state index contributed by atoms with van der Waals surface area (Å²) in [6.45, 7) is 2.89. The molecule has 0 aliphatic heterocycles. The van der Waals surface area contributed by atoms with Gasteiger partial charge in [0, 0.05) is 12.8 Å². The molecule has 0 spiro atoms. The molecule has 0 unspecified atom stereocenters.